The molecule has 0 spiro atoms. The molecule has 1 aliphatic carbocycles. The van der Waals surface area contributed by atoms with E-state index in [0.717, 1.165) is 24.3 Å². The van der Waals surface area contributed by atoms with Gasteiger partial charge >= 0.3 is 0 Å². The fourth-order valence-corrected chi connectivity index (χ4v) is 3.41. The molecule has 16 heavy (non-hydrogen) atoms. The second kappa shape index (κ2) is 5.50. The Morgan fingerprint density at radius 3 is 2.38 bits per heavy atom. The number of nitrogens with zero attached hydrogens (tertiary/aromatic N) is 1. The van der Waals surface area contributed by atoms with Crippen molar-refractivity contribution in [1.82, 2.24) is 4.90 Å². The van der Waals surface area contributed by atoms with Gasteiger partial charge in [-0.25, -0.2) is 0 Å². The van der Waals surface area contributed by atoms with Gasteiger partial charge in [-0.3, -0.25) is 0 Å². The second-order valence-corrected chi connectivity index (χ2v) is 6.26. The van der Waals surface area contributed by atoms with Gasteiger partial charge in [0.25, 0.3) is 0 Å². The third-order valence-corrected chi connectivity index (χ3v) is 4.73. The van der Waals surface area contributed by atoms with Gasteiger partial charge < -0.3 is 10.6 Å². The molecule has 0 bridgehead atoms. The summed E-state index contributed by atoms with van der Waals surface area (Å²) in [4.78, 5) is 2.60. The van der Waals surface area contributed by atoms with E-state index in [4.69, 9.17) is 5.73 Å². The molecule has 2 unspecified atom stereocenters. The van der Waals surface area contributed by atoms with Crippen LogP contribution in [0.5, 0.6) is 0 Å². The summed E-state index contributed by atoms with van der Waals surface area (Å²) in [5.74, 6) is 2.57. The summed E-state index contributed by atoms with van der Waals surface area (Å²) in [6.45, 7) is 8.42. The van der Waals surface area contributed by atoms with Crippen molar-refractivity contribution in [2.45, 2.75) is 52.0 Å². The van der Waals surface area contributed by atoms with Crippen LogP contribution in [0.15, 0.2) is 0 Å². The maximum absolute atomic E-state index is 6.34. The monoisotopic (exact) mass is 224 g/mol. The molecule has 2 aliphatic rings. The van der Waals surface area contributed by atoms with Crippen molar-refractivity contribution in [2.24, 2.45) is 23.5 Å². The normalized spacial score (nSPS) is 30.4. The van der Waals surface area contributed by atoms with Crippen LogP contribution in [0.25, 0.3) is 0 Å². The molecule has 1 heterocycles. The van der Waals surface area contributed by atoms with Crippen molar-refractivity contribution in [3.63, 3.8) is 0 Å². The van der Waals surface area contributed by atoms with Crippen molar-refractivity contribution in [2.75, 3.05) is 19.6 Å². The first-order valence-corrected chi connectivity index (χ1v) is 7.14. The second-order valence-electron chi connectivity index (χ2n) is 6.26. The fraction of sp³-hybridized carbons (Fsp3) is 1.00. The zero-order valence-corrected chi connectivity index (χ0v) is 11.0. The third kappa shape index (κ3) is 2.98. The average molecular weight is 224 g/mol. The maximum Gasteiger partial charge on any atom is 0.0196 e. The Hall–Kier alpha value is -0.0800. The van der Waals surface area contributed by atoms with Crippen molar-refractivity contribution in [1.29, 1.82) is 0 Å². The lowest BCUT2D eigenvalue weighted by molar-refractivity contribution is 0.255. The molecule has 94 valence electrons. The van der Waals surface area contributed by atoms with Gasteiger partial charge in [0.05, 0.1) is 0 Å². The van der Waals surface area contributed by atoms with Gasteiger partial charge in [-0.2, -0.15) is 0 Å². The fourth-order valence-electron chi connectivity index (χ4n) is 3.41. The zero-order chi connectivity index (χ0) is 11.5. The Balaban J connectivity index is 1.73. The van der Waals surface area contributed by atoms with Crippen molar-refractivity contribution in [3.8, 4) is 0 Å². The molecule has 2 atom stereocenters. The van der Waals surface area contributed by atoms with Crippen LogP contribution >= 0.6 is 0 Å². The first-order valence-electron chi connectivity index (χ1n) is 7.14. The summed E-state index contributed by atoms with van der Waals surface area (Å²) < 4.78 is 0. The first-order chi connectivity index (χ1) is 7.66. The Morgan fingerprint density at radius 1 is 1.12 bits per heavy atom. The lowest BCUT2D eigenvalue weighted by atomic mass is 9.95. The van der Waals surface area contributed by atoms with Crippen LogP contribution in [0, 0.1) is 17.8 Å². The van der Waals surface area contributed by atoms with E-state index in [2.05, 4.69) is 18.7 Å². The van der Waals surface area contributed by atoms with E-state index < -0.39 is 0 Å². The van der Waals surface area contributed by atoms with Gasteiger partial charge in [-0.1, -0.05) is 26.7 Å². The number of nitrogens with two attached hydrogens (primary N) is 1. The molecule has 0 aromatic rings. The Labute approximate surface area is 101 Å². The minimum absolute atomic E-state index is 0.438. The van der Waals surface area contributed by atoms with Gasteiger partial charge in [0.2, 0.25) is 0 Å². The van der Waals surface area contributed by atoms with Crippen molar-refractivity contribution < 1.29 is 0 Å². The van der Waals surface area contributed by atoms with Crippen LogP contribution in [0.1, 0.15) is 46.0 Å². The molecule has 0 aromatic carbocycles. The predicted octanol–water partition coefficient (Wildman–Crippen LogP) is 2.48. The number of rotatable bonds is 4. The van der Waals surface area contributed by atoms with Gasteiger partial charge in [-0.05, 0) is 43.6 Å². The quantitative estimate of drug-likeness (QED) is 0.795. The highest BCUT2D eigenvalue weighted by Crippen LogP contribution is 2.29. The molecule has 0 radical (unpaired) electrons. The Morgan fingerprint density at radius 2 is 1.81 bits per heavy atom. The smallest absolute Gasteiger partial charge is 0.0196 e. The van der Waals surface area contributed by atoms with Crippen LogP contribution < -0.4 is 5.73 Å². The molecule has 0 aromatic heterocycles. The minimum atomic E-state index is 0.438. The molecule has 0 amide bonds. The maximum atomic E-state index is 6.34. The van der Waals surface area contributed by atoms with E-state index in [1.54, 1.807) is 0 Å². The third-order valence-electron chi connectivity index (χ3n) is 4.73. The first kappa shape index (κ1) is 12.4. The van der Waals surface area contributed by atoms with Crippen molar-refractivity contribution >= 4 is 0 Å². The van der Waals surface area contributed by atoms with Crippen molar-refractivity contribution in [3.05, 3.63) is 0 Å². The predicted molar refractivity (Wildman–Crippen MR) is 69.3 cm³/mol. The van der Waals surface area contributed by atoms with E-state index >= 15 is 0 Å². The highest BCUT2D eigenvalue weighted by molar-refractivity contribution is 4.84. The highest BCUT2D eigenvalue weighted by Gasteiger charge is 2.28. The summed E-state index contributed by atoms with van der Waals surface area (Å²) in [5.41, 5.74) is 6.34. The molecule has 1 saturated carbocycles. The highest BCUT2D eigenvalue weighted by atomic mass is 15.2. The number of hydrogen-bond donors (Lipinski definition) is 1. The molecular weight excluding hydrogens is 196 g/mol. The summed E-state index contributed by atoms with van der Waals surface area (Å²) in [6, 6.07) is 0.438. The molecule has 2 fully saturated rings. The summed E-state index contributed by atoms with van der Waals surface area (Å²) >= 11 is 0. The molecule has 2 nitrogen and oxygen atoms in total. The average Bonchev–Trinajstić information content (AvgIpc) is 2.87. The van der Waals surface area contributed by atoms with Gasteiger partial charge in [0.15, 0.2) is 0 Å². The standard InChI is InChI=1S/C14H28N2/c1-11(2)13-7-8-16(9-13)10-14(15)12-5-3-4-6-12/h11-14H,3-10,15H2,1-2H3. The lowest BCUT2D eigenvalue weighted by Crippen LogP contribution is -2.40. The van der Waals surface area contributed by atoms with Crippen LogP contribution in [0.2, 0.25) is 0 Å². The topological polar surface area (TPSA) is 29.3 Å². The molecule has 1 saturated heterocycles. The van der Waals surface area contributed by atoms with Crippen LogP contribution in [0.3, 0.4) is 0 Å². The largest absolute Gasteiger partial charge is 0.326 e. The molecule has 1 aliphatic heterocycles. The van der Waals surface area contributed by atoms with Gasteiger partial charge in [0, 0.05) is 19.1 Å². The van der Waals surface area contributed by atoms with Crippen LogP contribution in [-0.2, 0) is 0 Å². The number of hydrogen-bond acceptors (Lipinski definition) is 2. The summed E-state index contributed by atoms with van der Waals surface area (Å²) in [7, 11) is 0. The van der Waals surface area contributed by atoms with E-state index in [1.807, 2.05) is 0 Å². The van der Waals surface area contributed by atoms with E-state index in [1.165, 1.54) is 45.2 Å². The van der Waals surface area contributed by atoms with E-state index in [-0.39, 0.29) is 0 Å². The molecule has 2 heteroatoms. The Kier molecular flexibility index (Phi) is 4.26. The number of likely N-dealkylation sites (tertiary alicyclic amines) is 1. The SMILES string of the molecule is CC(C)C1CCN(CC(N)C2CCCC2)C1. The molecular formula is C14H28N2. The zero-order valence-electron chi connectivity index (χ0n) is 11.0. The van der Waals surface area contributed by atoms with E-state index in [0.29, 0.717) is 6.04 Å². The summed E-state index contributed by atoms with van der Waals surface area (Å²) in [6.07, 6.45) is 6.96. The molecule has 2 rings (SSSR count). The van der Waals surface area contributed by atoms with Gasteiger partial charge in [-0.15, -0.1) is 0 Å². The minimum Gasteiger partial charge on any atom is -0.326 e. The van der Waals surface area contributed by atoms with Crippen LogP contribution in [-0.4, -0.2) is 30.6 Å². The van der Waals surface area contributed by atoms with Crippen LogP contribution in [0.4, 0.5) is 0 Å². The lowest BCUT2D eigenvalue weighted by Gasteiger charge is -2.25. The van der Waals surface area contributed by atoms with Gasteiger partial charge in [0.1, 0.15) is 0 Å². The summed E-state index contributed by atoms with van der Waals surface area (Å²) in [5, 5.41) is 0. The Bertz CT molecular complexity index is 209. The molecule has 2 N–H and O–H groups in total. The van der Waals surface area contributed by atoms with E-state index in [9.17, 15) is 0 Å².